The molecule has 5 heteroatoms. The van der Waals surface area contributed by atoms with Crippen molar-refractivity contribution in [3.8, 4) is 11.5 Å². The molecule has 2 rings (SSSR count). The summed E-state index contributed by atoms with van der Waals surface area (Å²) in [4.78, 5) is 0. The molecule has 2 N–H and O–H groups in total. The highest BCUT2D eigenvalue weighted by atomic mass is 16.5. The lowest BCUT2D eigenvalue weighted by molar-refractivity contribution is 0.0245. The zero-order chi connectivity index (χ0) is 12.8. The second-order valence-electron chi connectivity index (χ2n) is 4.25. The highest BCUT2D eigenvalue weighted by Crippen LogP contribution is 2.30. The number of hydrogen-bond acceptors (Lipinski definition) is 5. The molecule has 1 aromatic rings. The maximum Gasteiger partial charge on any atom is 0.161 e. The fourth-order valence-electron chi connectivity index (χ4n) is 1.99. The number of ether oxygens (including phenoxy) is 3. The van der Waals surface area contributed by atoms with Crippen molar-refractivity contribution in [1.82, 2.24) is 5.48 Å². The Balaban J connectivity index is 2.09. The van der Waals surface area contributed by atoms with Crippen LogP contribution in [0.3, 0.4) is 0 Å². The normalized spacial score (nSPS) is 16.6. The van der Waals surface area contributed by atoms with E-state index in [1.165, 1.54) is 0 Å². The molecule has 1 saturated heterocycles. The molecule has 5 nitrogen and oxygen atoms in total. The highest BCUT2D eigenvalue weighted by molar-refractivity contribution is 5.43. The maximum absolute atomic E-state index is 8.72. The van der Waals surface area contributed by atoms with E-state index < -0.39 is 0 Å². The summed E-state index contributed by atoms with van der Waals surface area (Å²) in [5.74, 6) is 1.43. The molecule has 0 amide bonds. The lowest BCUT2D eigenvalue weighted by atomic mass is 10.1. The van der Waals surface area contributed by atoms with Gasteiger partial charge < -0.3 is 19.4 Å². The summed E-state index contributed by atoms with van der Waals surface area (Å²) in [5, 5.41) is 8.72. The van der Waals surface area contributed by atoms with E-state index in [0.717, 1.165) is 37.4 Å². The number of methoxy groups -OCH3 is 1. The van der Waals surface area contributed by atoms with E-state index in [1.807, 2.05) is 18.2 Å². The first-order chi connectivity index (χ1) is 8.83. The van der Waals surface area contributed by atoms with Gasteiger partial charge in [-0.3, -0.25) is 0 Å². The van der Waals surface area contributed by atoms with Crippen molar-refractivity contribution in [3.05, 3.63) is 23.8 Å². The Labute approximate surface area is 107 Å². The van der Waals surface area contributed by atoms with Crippen molar-refractivity contribution in [2.75, 3.05) is 20.3 Å². The molecule has 0 bridgehead atoms. The Kier molecular flexibility index (Phi) is 4.81. The van der Waals surface area contributed by atoms with Crippen molar-refractivity contribution in [1.29, 1.82) is 0 Å². The van der Waals surface area contributed by atoms with Gasteiger partial charge >= 0.3 is 0 Å². The van der Waals surface area contributed by atoms with Crippen LogP contribution in [-0.4, -0.2) is 31.6 Å². The summed E-state index contributed by atoms with van der Waals surface area (Å²) < 4.78 is 16.5. The average Bonchev–Trinajstić information content (AvgIpc) is 2.41. The van der Waals surface area contributed by atoms with Crippen molar-refractivity contribution in [2.45, 2.75) is 25.5 Å². The molecule has 0 atom stereocenters. The lowest BCUT2D eigenvalue weighted by Gasteiger charge is -2.24. The van der Waals surface area contributed by atoms with Gasteiger partial charge in [0.15, 0.2) is 11.5 Å². The molecule has 1 aromatic carbocycles. The molecule has 18 heavy (non-hydrogen) atoms. The van der Waals surface area contributed by atoms with Crippen LogP contribution in [0.2, 0.25) is 0 Å². The predicted octanol–water partition coefficient (Wildman–Crippen LogP) is 1.73. The van der Waals surface area contributed by atoms with Crippen molar-refractivity contribution >= 4 is 0 Å². The molecule has 1 heterocycles. The Hall–Kier alpha value is -1.30. The number of nitrogens with one attached hydrogen (secondary N) is 1. The van der Waals surface area contributed by atoms with E-state index in [9.17, 15) is 0 Å². The third kappa shape index (κ3) is 3.35. The van der Waals surface area contributed by atoms with Gasteiger partial charge in [0.2, 0.25) is 0 Å². The maximum atomic E-state index is 8.72. The lowest BCUT2D eigenvalue weighted by Crippen LogP contribution is -2.26. The molecule has 100 valence electrons. The molecule has 1 aliphatic heterocycles. The Bertz CT molecular complexity index is 377. The Morgan fingerprint density at radius 1 is 1.33 bits per heavy atom. The summed E-state index contributed by atoms with van der Waals surface area (Å²) in [6, 6.07) is 5.62. The number of hydroxylamine groups is 1. The van der Waals surface area contributed by atoms with Crippen molar-refractivity contribution in [2.24, 2.45) is 0 Å². The van der Waals surface area contributed by atoms with Crippen LogP contribution in [0.5, 0.6) is 11.5 Å². The molecular weight excluding hydrogens is 234 g/mol. The van der Waals surface area contributed by atoms with Crippen LogP contribution >= 0.6 is 0 Å². The van der Waals surface area contributed by atoms with Crippen LogP contribution in [0.25, 0.3) is 0 Å². The fraction of sp³-hybridized carbons (Fsp3) is 0.538. The first-order valence-corrected chi connectivity index (χ1v) is 6.11. The largest absolute Gasteiger partial charge is 0.493 e. The van der Waals surface area contributed by atoms with E-state index in [2.05, 4.69) is 5.48 Å². The van der Waals surface area contributed by atoms with Gasteiger partial charge in [0.25, 0.3) is 0 Å². The van der Waals surface area contributed by atoms with Gasteiger partial charge in [0, 0.05) is 19.4 Å². The average molecular weight is 253 g/mol. The number of rotatable bonds is 5. The quantitative estimate of drug-likeness (QED) is 0.783. The highest BCUT2D eigenvalue weighted by Gasteiger charge is 2.17. The first-order valence-electron chi connectivity index (χ1n) is 6.11. The smallest absolute Gasteiger partial charge is 0.161 e. The predicted molar refractivity (Wildman–Crippen MR) is 66.1 cm³/mol. The molecule has 1 fully saturated rings. The SMILES string of the molecule is COc1ccc(CNO)cc1OC1CCOCC1. The van der Waals surface area contributed by atoms with Crippen molar-refractivity contribution < 1.29 is 19.4 Å². The second kappa shape index (κ2) is 6.58. The van der Waals surface area contributed by atoms with E-state index in [1.54, 1.807) is 7.11 Å². The number of benzene rings is 1. The van der Waals surface area contributed by atoms with Crippen LogP contribution < -0.4 is 15.0 Å². The van der Waals surface area contributed by atoms with Gasteiger partial charge in [-0.1, -0.05) is 6.07 Å². The van der Waals surface area contributed by atoms with E-state index >= 15 is 0 Å². The molecule has 0 unspecified atom stereocenters. The van der Waals surface area contributed by atoms with Crippen LogP contribution in [0.15, 0.2) is 18.2 Å². The third-order valence-electron chi connectivity index (χ3n) is 2.97. The van der Waals surface area contributed by atoms with Gasteiger partial charge in [0.1, 0.15) is 6.10 Å². The summed E-state index contributed by atoms with van der Waals surface area (Å²) in [6.45, 7) is 1.86. The van der Waals surface area contributed by atoms with Gasteiger partial charge in [-0.05, 0) is 17.7 Å². The van der Waals surface area contributed by atoms with Crippen LogP contribution in [0.1, 0.15) is 18.4 Å². The summed E-state index contributed by atoms with van der Waals surface area (Å²) in [6.07, 6.45) is 1.96. The van der Waals surface area contributed by atoms with Crippen LogP contribution in [-0.2, 0) is 11.3 Å². The summed E-state index contributed by atoms with van der Waals surface area (Å²) >= 11 is 0. The summed E-state index contributed by atoms with van der Waals surface area (Å²) in [7, 11) is 1.62. The van der Waals surface area contributed by atoms with Gasteiger partial charge in [-0.2, -0.15) is 0 Å². The van der Waals surface area contributed by atoms with Crippen LogP contribution in [0, 0.1) is 0 Å². The van der Waals surface area contributed by atoms with Gasteiger partial charge in [-0.15, -0.1) is 0 Å². The van der Waals surface area contributed by atoms with E-state index in [4.69, 9.17) is 19.4 Å². The molecule has 0 spiro atoms. The first kappa shape index (κ1) is 13.1. The zero-order valence-electron chi connectivity index (χ0n) is 10.5. The van der Waals surface area contributed by atoms with Gasteiger partial charge in [0.05, 0.1) is 20.3 Å². The number of hydrogen-bond donors (Lipinski definition) is 2. The second-order valence-corrected chi connectivity index (χ2v) is 4.25. The standard InChI is InChI=1S/C13H19NO4/c1-16-12-3-2-10(9-14-15)8-13(12)18-11-4-6-17-7-5-11/h2-3,8,11,14-15H,4-7,9H2,1H3. The van der Waals surface area contributed by atoms with Crippen LogP contribution in [0.4, 0.5) is 0 Å². The topological polar surface area (TPSA) is 60.0 Å². The van der Waals surface area contributed by atoms with Crippen molar-refractivity contribution in [3.63, 3.8) is 0 Å². The minimum Gasteiger partial charge on any atom is -0.493 e. The molecule has 0 aromatic heterocycles. The monoisotopic (exact) mass is 253 g/mol. The minimum atomic E-state index is 0.171. The molecule has 0 saturated carbocycles. The minimum absolute atomic E-state index is 0.171. The molecule has 0 radical (unpaired) electrons. The molecular formula is C13H19NO4. The van der Waals surface area contributed by atoms with E-state index in [0.29, 0.717) is 12.3 Å². The Morgan fingerprint density at radius 2 is 2.11 bits per heavy atom. The molecule has 0 aliphatic carbocycles. The fourth-order valence-corrected chi connectivity index (χ4v) is 1.99. The Morgan fingerprint density at radius 3 is 2.78 bits per heavy atom. The molecule has 1 aliphatic rings. The van der Waals surface area contributed by atoms with E-state index in [-0.39, 0.29) is 6.10 Å². The third-order valence-corrected chi connectivity index (χ3v) is 2.97. The summed E-state index contributed by atoms with van der Waals surface area (Å²) in [5.41, 5.74) is 3.08. The zero-order valence-corrected chi connectivity index (χ0v) is 10.5. The van der Waals surface area contributed by atoms with Gasteiger partial charge in [-0.25, -0.2) is 5.48 Å².